The second kappa shape index (κ2) is 11.9. The van der Waals surface area contributed by atoms with Crippen LogP contribution in [0.5, 0.6) is 0 Å². The highest BCUT2D eigenvalue weighted by Gasteiger charge is 2.56. The Balaban J connectivity index is 1.12. The average Bonchev–Trinajstić information content (AvgIpc) is 3.79. The van der Waals surface area contributed by atoms with Crippen molar-refractivity contribution in [3.05, 3.63) is 209 Å². The molecule has 3 heterocycles. The third-order valence-corrected chi connectivity index (χ3v) is 13.4. The minimum atomic E-state index is -0.431. The molecule has 1 aliphatic heterocycles. The Morgan fingerprint density at radius 2 is 1.14 bits per heavy atom. The van der Waals surface area contributed by atoms with Gasteiger partial charge in [-0.1, -0.05) is 158 Å². The van der Waals surface area contributed by atoms with Crippen LogP contribution in [0.25, 0.3) is 79.0 Å². The maximum Gasteiger partial charge on any atom is 0.164 e. The molecule has 58 heavy (non-hydrogen) atoms. The van der Waals surface area contributed by atoms with Crippen LogP contribution >= 0.6 is 0 Å². The SMILES string of the molecule is C1=Cc2c(cccc2-c2nc(C3=Cc4c5n(c6ccccc46)-c4ccccc4C4(c6ccccc6-c6ccccc64)C5C3)nc(-c3cccc4ccccc34)n2)CC1. The summed E-state index contributed by atoms with van der Waals surface area (Å²) in [6.07, 6.45) is 9.76. The summed E-state index contributed by atoms with van der Waals surface area (Å²) in [5.74, 6) is 2.21. The number of fused-ring (bicyclic) bond motifs is 14. The van der Waals surface area contributed by atoms with Gasteiger partial charge in [-0.3, -0.25) is 0 Å². The summed E-state index contributed by atoms with van der Waals surface area (Å²) in [5.41, 5.74) is 17.1. The summed E-state index contributed by atoms with van der Waals surface area (Å²) in [4.78, 5) is 16.3. The Labute approximate surface area is 336 Å². The van der Waals surface area contributed by atoms with Crippen molar-refractivity contribution in [2.45, 2.75) is 30.6 Å². The Morgan fingerprint density at radius 3 is 1.98 bits per heavy atom. The number of hydrogen-bond acceptors (Lipinski definition) is 3. The lowest BCUT2D eigenvalue weighted by atomic mass is 9.58. The van der Waals surface area contributed by atoms with Gasteiger partial charge >= 0.3 is 0 Å². The van der Waals surface area contributed by atoms with E-state index >= 15 is 0 Å². The van der Waals surface area contributed by atoms with E-state index in [1.54, 1.807) is 0 Å². The monoisotopic (exact) mass is 740 g/mol. The molecule has 0 N–H and O–H groups in total. The summed E-state index contributed by atoms with van der Waals surface area (Å²) in [7, 11) is 0. The van der Waals surface area contributed by atoms with E-state index in [0.717, 1.165) is 47.2 Å². The molecule has 0 radical (unpaired) electrons. The van der Waals surface area contributed by atoms with Gasteiger partial charge in [0, 0.05) is 33.7 Å². The molecule has 1 unspecified atom stereocenters. The molecule has 0 saturated heterocycles. The topological polar surface area (TPSA) is 43.6 Å². The van der Waals surface area contributed by atoms with E-state index in [4.69, 9.17) is 15.0 Å². The maximum atomic E-state index is 5.50. The Bertz CT molecular complexity index is 3240. The number of aromatic nitrogens is 4. The fourth-order valence-electron chi connectivity index (χ4n) is 11.1. The Kier molecular flexibility index (Phi) is 6.57. The number of aryl methyl sites for hydroxylation is 1. The van der Waals surface area contributed by atoms with E-state index in [9.17, 15) is 0 Å². The van der Waals surface area contributed by atoms with Gasteiger partial charge in [0.25, 0.3) is 0 Å². The molecule has 9 aromatic rings. The van der Waals surface area contributed by atoms with Crippen LogP contribution in [0.4, 0.5) is 0 Å². The highest BCUT2D eigenvalue weighted by Crippen LogP contribution is 2.65. The summed E-state index contributed by atoms with van der Waals surface area (Å²) in [6, 6.07) is 57.9. The van der Waals surface area contributed by atoms with Crippen molar-refractivity contribution in [2.75, 3.05) is 0 Å². The van der Waals surface area contributed by atoms with E-state index in [1.807, 2.05) is 0 Å². The zero-order valence-electron chi connectivity index (χ0n) is 31.7. The van der Waals surface area contributed by atoms with Crippen molar-refractivity contribution in [3.8, 4) is 39.6 Å². The lowest BCUT2D eigenvalue weighted by Gasteiger charge is -2.47. The molecule has 13 rings (SSSR count). The number of nitrogens with zero attached hydrogens (tertiary/aromatic N) is 4. The van der Waals surface area contributed by atoms with Crippen molar-refractivity contribution in [3.63, 3.8) is 0 Å². The third-order valence-electron chi connectivity index (χ3n) is 13.4. The predicted octanol–water partition coefficient (Wildman–Crippen LogP) is 12.6. The van der Waals surface area contributed by atoms with Crippen molar-refractivity contribution in [1.29, 1.82) is 0 Å². The fraction of sp³-hybridized carbons (Fsp3) is 0.0926. The number of allylic oxidation sites excluding steroid dienone is 2. The average molecular weight is 741 g/mol. The van der Waals surface area contributed by atoms with Crippen LogP contribution in [-0.2, 0) is 11.8 Å². The summed E-state index contributed by atoms with van der Waals surface area (Å²) >= 11 is 0. The molecule has 0 fully saturated rings. The van der Waals surface area contributed by atoms with Crippen molar-refractivity contribution in [1.82, 2.24) is 19.5 Å². The van der Waals surface area contributed by atoms with Gasteiger partial charge < -0.3 is 4.57 Å². The van der Waals surface area contributed by atoms with E-state index in [-0.39, 0.29) is 5.92 Å². The zero-order chi connectivity index (χ0) is 38.0. The van der Waals surface area contributed by atoms with Crippen LogP contribution in [0.3, 0.4) is 0 Å². The molecular formula is C54H36N4. The van der Waals surface area contributed by atoms with Crippen LogP contribution in [0.1, 0.15) is 63.7 Å². The van der Waals surface area contributed by atoms with Crippen LogP contribution < -0.4 is 0 Å². The molecule has 1 spiro atoms. The number of para-hydroxylation sites is 2. The molecule has 0 bridgehead atoms. The normalized spacial score (nSPS) is 16.4. The molecule has 7 aromatic carbocycles. The highest BCUT2D eigenvalue weighted by molar-refractivity contribution is 6.02. The van der Waals surface area contributed by atoms with Gasteiger partial charge in [-0.15, -0.1) is 0 Å². The molecule has 4 heteroatoms. The molecule has 0 amide bonds. The summed E-state index contributed by atoms with van der Waals surface area (Å²) in [6.45, 7) is 0. The smallest absolute Gasteiger partial charge is 0.164 e. The van der Waals surface area contributed by atoms with Gasteiger partial charge in [0.05, 0.1) is 16.6 Å². The van der Waals surface area contributed by atoms with Crippen LogP contribution in [0.15, 0.2) is 164 Å². The number of benzene rings is 7. The minimum absolute atomic E-state index is 0.0586. The predicted molar refractivity (Wildman–Crippen MR) is 236 cm³/mol. The first-order valence-electron chi connectivity index (χ1n) is 20.4. The number of hydrogen-bond donors (Lipinski definition) is 0. The maximum absolute atomic E-state index is 5.50. The minimum Gasteiger partial charge on any atom is -0.312 e. The van der Waals surface area contributed by atoms with Crippen molar-refractivity contribution >= 4 is 39.4 Å². The Hall–Kier alpha value is -7.17. The van der Waals surface area contributed by atoms with E-state index < -0.39 is 5.41 Å². The van der Waals surface area contributed by atoms with Crippen LogP contribution in [0, 0.1) is 0 Å². The second-order valence-electron chi connectivity index (χ2n) is 16.1. The highest BCUT2D eigenvalue weighted by atomic mass is 15.1. The first kappa shape index (κ1) is 32.0. The van der Waals surface area contributed by atoms with E-state index in [1.165, 1.54) is 72.2 Å². The van der Waals surface area contributed by atoms with Gasteiger partial charge in [0.2, 0.25) is 0 Å². The molecule has 1 atom stereocenters. The van der Waals surface area contributed by atoms with Gasteiger partial charge in [-0.25, -0.2) is 15.0 Å². The van der Waals surface area contributed by atoms with Gasteiger partial charge in [-0.2, -0.15) is 0 Å². The molecule has 4 aliphatic rings. The van der Waals surface area contributed by atoms with E-state index in [0.29, 0.717) is 11.6 Å². The molecule has 3 aliphatic carbocycles. The van der Waals surface area contributed by atoms with Crippen molar-refractivity contribution in [2.24, 2.45) is 0 Å². The van der Waals surface area contributed by atoms with E-state index in [2.05, 4.69) is 181 Å². The molecule has 0 saturated carbocycles. The first-order chi connectivity index (χ1) is 28.8. The molecule has 2 aromatic heterocycles. The standard InChI is InChI=1S/C54H36N4/c1-3-19-36-33(15-1)17-13-24-41(36)52-55-51(56-53(57-52)42-25-14-18-34-16-2-4-20-37(34)42)35-31-43-40-23-7-11-29-48(40)58-49-30-12-10-28-46(49)54(47(32-35)50(43)58)44-26-8-5-21-38(44)39-22-6-9-27-45(39)54/h1,3-15,17-31,47H,2,16,32H2. The van der Waals surface area contributed by atoms with Crippen molar-refractivity contribution < 1.29 is 0 Å². The molecular weight excluding hydrogens is 705 g/mol. The molecule has 4 nitrogen and oxygen atoms in total. The van der Waals surface area contributed by atoms with Crippen LogP contribution in [-0.4, -0.2) is 19.5 Å². The van der Waals surface area contributed by atoms with Gasteiger partial charge in [0.1, 0.15) is 0 Å². The Morgan fingerprint density at radius 1 is 0.517 bits per heavy atom. The lowest BCUT2D eigenvalue weighted by molar-refractivity contribution is 0.458. The lowest BCUT2D eigenvalue weighted by Crippen LogP contribution is -2.41. The fourth-order valence-corrected chi connectivity index (χ4v) is 11.1. The summed E-state index contributed by atoms with van der Waals surface area (Å²) < 4.78 is 2.57. The second-order valence-corrected chi connectivity index (χ2v) is 16.1. The van der Waals surface area contributed by atoms with Gasteiger partial charge in [-0.05, 0) is 92.8 Å². The van der Waals surface area contributed by atoms with Crippen LogP contribution in [0.2, 0.25) is 0 Å². The number of rotatable bonds is 3. The summed E-state index contributed by atoms with van der Waals surface area (Å²) in [5, 5.41) is 3.55. The third kappa shape index (κ3) is 4.21. The van der Waals surface area contributed by atoms with Gasteiger partial charge in [0.15, 0.2) is 17.5 Å². The largest absolute Gasteiger partial charge is 0.312 e. The molecule has 272 valence electrons. The quantitative estimate of drug-likeness (QED) is 0.181. The first-order valence-corrected chi connectivity index (χ1v) is 20.4. The zero-order valence-corrected chi connectivity index (χ0v) is 31.7.